The first-order valence-corrected chi connectivity index (χ1v) is 5.68. The number of likely N-dealkylation sites (tertiary alicyclic amines) is 1. The second-order valence-electron chi connectivity index (χ2n) is 5.21. The van der Waals surface area contributed by atoms with E-state index in [1.54, 1.807) is 12.4 Å². The van der Waals surface area contributed by atoms with Crippen LogP contribution in [-0.2, 0) is 0 Å². The molecule has 4 nitrogen and oxygen atoms in total. The number of aromatic nitrogens is 1. The van der Waals surface area contributed by atoms with Crippen LogP contribution in [0.3, 0.4) is 0 Å². The molecule has 4 heteroatoms. The first-order chi connectivity index (χ1) is 7.50. The van der Waals surface area contributed by atoms with Gasteiger partial charge >= 0.3 is 0 Å². The van der Waals surface area contributed by atoms with Crippen LogP contribution in [0.4, 0.5) is 0 Å². The molecule has 16 heavy (non-hydrogen) atoms. The lowest BCUT2D eigenvalue weighted by molar-refractivity contribution is 0.0533. The Labute approximate surface area is 95.8 Å². The highest BCUT2D eigenvalue weighted by Gasteiger charge is 2.35. The largest absolute Gasteiger partial charge is 0.367 e. The van der Waals surface area contributed by atoms with Gasteiger partial charge in [0.1, 0.15) is 0 Å². The number of nitrogens with zero attached hydrogens (tertiary/aromatic N) is 1. The summed E-state index contributed by atoms with van der Waals surface area (Å²) in [5.74, 6) is 0.0984. The van der Waals surface area contributed by atoms with Crippen molar-refractivity contribution >= 4 is 5.91 Å². The molecular formula is C12H19N3O. The van der Waals surface area contributed by atoms with Crippen molar-refractivity contribution in [2.24, 2.45) is 11.1 Å². The highest BCUT2D eigenvalue weighted by Crippen LogP contribution is 2.28. The summed E-state index contributed by atoms with van der Waals surface area (Å²) in [6, 6.07) is 1.99. The summed E-state index contributed by atoms with van der Waals surface area (Å²) in [7, 11) is 0. The highest BCUT2D eigenvalue weighted by molar-refractivity contribution is 5.94. The molecule has 0 aromatic carbocycles. The third-order valence-electron chi connectivity index (χ3n) is 3.44. The van der Waals surface area contributed by atoms with Gasteiger partial charge < -0.3 is 15.6 Å². The highest BCUT2D eigenvalue weighted by atomic mass is 16.2. The molecule has 2 heterocycles. The molecule has 88 valence electrons. The SMILES string of the molecule is CC1(C)CN(C(=O)c2cc[nH]c2)CCC1N. The van der Waals surface area contributed by atoms with Gasteiger partial charge in [0.15, 0.2) is 0 Å². The number of hydrogen-bond donors (Lipinski definition) is 2. The van der Waals surface area contributed by atoms with Gasteiger partial charge in [-0.15, -0.1) is 0 Å². The van der Waals surface area contributed by atoms with Crippen molar-refractivity contribution in [1.82, 2.24) is 9.88 Å². The van der Waals surface area contributed by atoms with E-state index in [1.807, 2.05) is 11.0 Å². The van der Waals surface area contributed by atoms with E-state index in [9.17, 15) is 4.79 Å². The van der Waals surface area contributed by atoms with Gasteiger partial charge in [0.25, 0.3) is 5.91 Å². The third-order valence-corrected chi connectivity index (χ3v) is 3.44. The minimum absolute atomic E-state index is 0.00418. The van der Waals surface area contributed by atoms with Gasteiger partial charge in [-0.3, -0.25) is 4.79 Å². The fourth-order valence-corrected chi connectivity index (χ4v) is 2.19. The zero-order chi connectivity index (χ0) is 11.8. The van der Waals surface area contributed by atoms with Crippen LogP contribution in [0.15, 0.2) is 18.5 Å². The molecule has 3 N–H and O–H groups in total. The summed E-state index contributed by atoms with van der Waals surface area (Å²) < 4.78 is 0. The number of nitrogens with two attached hydrogens (primary N) is 1. The normalized spacial score (nSPS) is 24.4. The quantitative estimate of drug-likeness (QED) is 0.749. The average molecular weight is 221 g/mol. The van der Waals surface area contributed by atoms with E-state index < -0.39 is 0 Å². The van der Waals surface area contributed by atoms with Crippen LogP contribution in [0.2, 0.25) is 0 Å². The van der Waals surface area contributed by atoms with Gasteiger partial charge in [-0.2, -0.15) is 0 Å². The fraction of sp³-hybridized carbons (Fsp3) is 0.583. The van der Waals surface area contributed by atoms with Gasteiger partial charge in [-0.1, -0.05) is 13.8 Å². The van der Waals surface area contributed by atoms with Gasteiger partial charge in [-0.25, -0.2) is 0 Å². The number of carbonyl (C=O) groups is 1. The van der Waals surface area contributed by atoms with Crippen LogP contribution in [0.5, 0.6) is 0 Å². The Bertz CT molecular complexity index is 370. The second kappa shape index (κ2) is 3.94. The lowest BCUT2D eigenvalue weighted by atomic mass is 9.79. The molecule has 0 aliphatic carbocycles. The zero-order valence-electron chi connectivity index (χ0n) is 9.86. The summed E-state index contributed by atoms with van der Waals surface area (Å²) >= 11 is 0. The second-order valence-corrected chi connectivity index (χ2v) is 5.21. The number of piperidine rings is 1. The van der Waals surface area contributed by atoms with Crippen molar-refractivity contribution in [2.45, 2.75) is 26.3 Å². The Kier molecular flexibility index (Phi) is 2.76. The molecule has 0 spiro atoms. The standard InChI is InChI=1S/C12H19N3O/c1-12(2)8-15(6-4-10(12)13)11(16)9-3-5-14-7-9/h3,5,7,10,14H,4,6,8,13H2,1-2H3. The van der Waals surface area contributed by atoms with Crippen molar-refractivity contribution < 1.29 is 4.79 Å². The van der Waals surface area contributed by atoms with E-state index >= 15 is 0 Å². The molecule has 1 aromatic heterocycles. The smallest absolute Gasteiger partial charge is 0.255 e. The molecule has 1 aliphatic rings. The summed E-state index contributed by atoms with van der Waals surface area (Å²) in [4.78, 5) is 16.9. The summed E-state index contributed by atoms with van der Waals surface area (Å²) in [5.41, 5.74) is 6.78. The average Bonchev–Trinajstić information content (AvgIpc) is 2.74. The number of aromatic amines is 1. The molecule has 1 aliphatic heterocycles. The minimum atomic E-state index is 0.00418. The van der Waals surface area contributed by atoms with E-state index in [2.05, 4.69) is 18.8 Å². The Balaban J connectivity index is 2.10. The molecule has 1 fully saturated rings. The number of nitrogens with one attached hydrogen (secondary N) is 1. The van der Waals surface area contributed by atoms with Crippen molar-refractivity contribution in [3.63, 3.8) is 0 Å². The van der Waals surface area contributed by atoms with Crippen LogP contribution in [0, 0.1) is 5.41 Å². The van der Waals surface area contributed by atoms with Gasteiger partial charge in [0, 0.05) is 31.5 Å². The molecule has 1 aromatic rings. The summed E-state index contributed by atoms with van der Waals surface area (Å²) in [5, 5.41) is 0. The molecule has 1 saturated heterocycles. The van der Waals surface area contributed by atoms with Crippen LogP contribution >= 0.6 is 0 Å². The number of H-pyrrole nitrogens is 1. The third kappa shape index (κ3) is 1.97. The Morgan fingerprint density at radius 1 is 1.62 bits per heavy atom. The number of hydrogen-bond acceptors (Lipinski definition) is 2. The summed E-state index contributed by atoms with van der Waals surface area (Å²) in [6.45, 7) is 5.73. The maximum atomic E-state index is 12.1. The van der Waals surface area contributed by atoms with Gasteiger partial charge in [-0.05, 0) is 17.9 Å². The van der Waals surface area contributed by atoms with Crippen LogP contribution in [0.1, 0.15) is 30.6 Å². The van der Waals surface area contributed by atoms with Gasteiger partial charge in [0.05, 0.1) is 5.56 Å². The number of carbonyl (C=O) groups excluding carboxylic acids is 1. The molecular weight excluding hydrogens is 202 g/mol. The van der Waals surface area contributed by atoms with Crippen LogP contribution in [0.25, 0.3) is 0 Å². The molecule has 1 amide bonds. The van der Waals surface area contributed by atoms with E-state index in [0.717, 1.165) is 25.1 Å². The van der Waals surface area contributed by atoms with E-state index in [-0.39, 0.29) is 17.4 Å². The van der Waals surface area contributed by atoms with Crippen LogP contribution in [-0.4, -0.2) is 34.9 Å². The summed E-state index contributed by atoms with van der Waals surface area (Å²) in [6.07, 6.45) is 4.39. The zero-order valence-corrected chi connectivity index (χ0v) is 9.86. The maximum absolute atomic E-state index is 12.1. The molecule has 1 atom stereocenters. The Morgan fingerprint density at radius 3 is 2.94 bits per heavy atom. The van der Waals surface area contributed by atoms with Crippen molar-refractivity contribution in [1.29, 1.82) is 0 Å². The monoisotopic (exact) mass is 221 g/mol. The molecule has 0 radical (unpaired) electrons. The van der Waals surface area contributed by atoms with E-state index in [4.69, 9.17) is 5.73 Å². The topological polar surface area (TPSA) is 62.1 Å². The number of amides is 1. The molecule has 2 rings (SSSR count). The Morgan fingerprint density at radius 2 is 2.38 bits per heavy atom. The van der Waals surface area contributed by atoms with E-state index in [1.165, 1.54) is 0 Å². The van der Waals surface area contributed by atoms with Crippen molar-refractivity contribution in [3.8, 4) is 0 Å². The van der Waals surface area contributed by atoms with Crippen LogP contribution < -0.4 is 5.73 Å². The van der Waals surface area contributed by atoms with Crippen molar-refractivity contribution in [2.75, 3.05) is 13.1 Å². The Hall–Kier alpha value is -1.29. The maximum Gasteiger partial charge on any atom is 0.255 e. The molecule has 0 saturated carbocycles. The van der Waals surface area contributed by atoms with Crippen molar-refractivity contribution in [3.05, 3.63) is 24.0 Å². The first kappa shape index (κ1) is 11.2. The number of rotatable bonds is 1. The predicted octanol–water partition coefficient (Wildman–Crippen LogP) is 1.21. The predicted molar refractivity (Wildman–Crippen MR) is 63.1 cm³/mol. The lowest BCUT2D eigenvalue weighted by Gasteiger charge is -2.42. The minimum Gasteiger partial charge on any atom is -0.367 e. The molecule has 1 unspecified atom stereocenters. The van der Waals surface area contributed by atoms with E-state index in [0.29, 0.717) is 0 Å². The molecule has 0 bridgehead atoms. The lowest BCUT2D eigenvalue weighted by Crippen LogP contribution is -2.53. The van der Waals surface area contributed by atoms with Gasteiger partial charge in [0.2, 0.25) is 0 Å². The fourth-order valence-electron chi connectivity index (χ4n) is 2.19. The first-order valence-electron chi connectivity index (χ1n) is 5.68.